The molecule has 3 atom stereocenters. The van der Waals surface area contributed by atoms with Crippen LogP contribution in [-0.4, -0.2) is 26.7 Å². The third-order valence-corrected chi connectivity index (χ3v) is 3.94. The Morgan fingerprint density at radius 1 is 1.53 bits per heavy atom. The van der Waals surface area contributed by atoms with Gasteiger partial charge >= 0.3 is 0 Å². The fourth-order valence-corrected chi connectivity index (χ4v) is 3.21. The van der Waals surface area contributed by atoms with Crippen LogP contribution >= 0.6 is 0 Å². The number of nitrogens with two attached hydrogens (primary N) is 1. The minimum Gasteiger partial charge on any atom is -0.367 e. The molecule has 6 nitrogen and oxygen atoms in total. The zero-order valence-corrected chi connectivity index (χ0v) is 9.67. The number of nitrogens with zero attached hydrogens (tertiary/aromatic N) is 3. The first kappa shape index (κ1) is 10.6. The van der Waals surface area contributed by atoms with E-state index in [1.807, 2.05) is 0 Å². The van der Waals surface area contributed by atoms with E-state index in [2.05, 4.69) is 15.4 Å². The Hall–Kier alpha value is -1.59. The lowest BCUT2D eigenvalue weighted by Gasteiger charge is -2.22. The molecule has 2 saturated carbocycles. The number of carbonyl (C=O) groups excluding carboxylic acids is 1. The van der Waals surface area contributed by atoms with Crippen LogP contribution in [0.4, 0.5) is 5.95 Å². The molecule has 3 unspecified atom stereocenters. The summed E-state index contributed by atoms with van der Waals surface area (Å²) in [5.74, 6) is 1.75. The zero-order valence-electron chi connectivity index (χ0n) is 9.67. The number of hydrogen-bond donors (Lipinski definition) is 2. The van der Waals surface area contributed by atoms with E-state index in [-0.39, 0.29) is 18.4 Å². The van der Waals surface area contributed by atoms with Gasteiger partial charge in [-0.05, 0) is 31.1 Å². The van der Waals surface area contributed by atoms with Crippen molar-refractivity contribution in [2.75, 3.05) is 5.73 Å². The Labute approximate surface area is 99.6 Å². The largest absolute Gasteiger partial charge is 0.367 e. The lowest BCUT2D eigenvalue weighted by molar-refractivity contribution is -0.122. The summed E-state index contributed by atoms with van der Waals surface area (Å²) in [4.78, 5) is 15.6. The molecule has 92 valence electrons. The first-order valence-electron chi connectivity index (χ1n) is 6.15. The summed E-state index contributed by atoms with van der Waals surface area (Å²) in [6.45, 7) is 0.206. The van der Waals surface area contributed by atoms with Gasteiger partial charge in [0.15, 0.2) is 0 Å². The molecule has 1 aromatic rings. The molecule has 2 bridgehead atoms. The molecular weight excluding hydrogens is 218 g/mol. The van der Waals surface area contributed by atoms with Gasteiger partial charge in [0.05, 0.1) is 0 Å². The van der Waals surface area contributed by atoms with Crippen LogP contribution < -0.4 is 11.1 Å². The van der Waals surface area contributed by atoms with Gasteiger partial charge < -0.3 is 11.1 Å². The number of nitrogens with one attached hydrogen (secondary N) is 1. The maximum atomic E-state index is 11.8. The van der Waals surface area contributed by atoms with Gasteiger partial charge in [0.2, 0.25) is 11.9 Å². The summed E-state index contributed by atoms with van der Waals surface area (Å²) in [6.07, 6.45) is 6.54. The van der Waals surface area contributed by atoms with Gasteiger partial charge in [-0.15, -0.1) is 5.10 Å². The van der Waals surface area contributed by atoms with Crippen molar-refractivity contribution in [3.05, 3.63) is 6.33 Å². The van der Waals surface area contributed by atoms with E-state index in [0.717, 1.165) is 12.3 Å². The van der Waals surface area contributed by atoms with Gasteiger partial charge in [-0.25, -0.2) is 9.67 Å². The maximum absolute atomic E-state index is 11.8. The lowest BCUT2D eigenvalue weighted by Crippen LogP contribution is -2.40. The fraction of sp³-hybridized carbons (Fsp3) is 0.727. The fourth-order valence-electron chi connectivity index (χ4n) is 3.21. The number of carbonyl (C=O) groups is 1. The Morgan fingerprint density at radius 2 is 2.41 bits per heavy atom. The average Bonchev–Trinajstić information content (AvgIpc) is 2.95. The Kier molecular flexibility index (Phi) is 2.49. The number of hydrogen-bond acceptors (Lipinski definition) is 4. The first-order chi connectivity index (χ1) is 8.20. The smallest absolute Gasteiger partial charge is 0.242 e. The molecule has 3 N–H and O–H groups in total. The maximum Gasteiger partial charge on any atom is 0.242 e. The molecule has 1 aromatic heterocycles. The summed E-state index contributed by atoms with van der Waals surface area (Å²) >= 11 is 0. The molecule has 1 heterocycles. The van der Waals surface area contributed by atoms with Crippen molar-refractivity contribution in [1.82, 2.24) is 20.1 Å². The van der Waals surface area contributed by atoms with Crippen molar-refractivity contribution in [2.45, 2.75) is 38.3 Å². The Bertz CT molecular complexity index is 429. The zero-order chi connectivity index (χ0) is 11.8. The van der Waals surface area contributed by atoms with E-state index in [4.69, 9.17) is 5.73 Å². The highest BCUT2D eigenvalue weighted by atomic mass is 16.2. The van der Waals surface area contributed by atoms with Crippen molar-refractivity contribution in [1.29, 1.82) is 0 Å². The van der Waals surface area contributed by atoms with E-state index in [0.29, 0.717) is 12.0 Å². The summed E-state index contributed by atoms with van der Waals surface area (Å²) in [6, 6.07) is 0.377. The first-order valence-corrected chi connectivity index (χ1v) is 6.15. The highest BCUT2D eigenvalue weighted by Gasteiger charge is 2.39. The van der Waals surface area contributed by atoms with Crippen molar-refractivity contribution in [2.24, 2.45) is 11.8 Å². The van der Waals surface area contributed by atoms with E-state index >= 15 is 0 Å². The quantitative estimate of drug-likeness (QED) is 0.781. The third kappa shape index (κ3) is 2.11. The molecule has 1 amide bonds. The van der Waals surface area contributed by atoms with Crippen LogP contribution in [0, 0.1) is 11.8 Å². The topological polar surface area (TPSA) is 85.8 Å². The molecule has 2 aliphatic carbocycles. The average molecular weight is 235 g/mol. The Morgan fingerprint density at radius 3 is 3.00 bits per heavy atom. The van der Waals surface area contributed by atoms with Crippen molar-refractivity contribution in [3.63, 3.8) is 0 Å². The molecular formula is C11H17N5O. The number of amides is 1. The van der Waals surface area contributed by atoms with Crippen LogP contribution in [0.25, 0.3) is 0 Å². The minimum atomic E-state index is 0.00690. The molecule has 6 heteroatoms. The van der Waals surface area contributed by atoms with E-state index in [1.54, 1.807) is 0 Å². The van der Waals surface area contributed by atoms with E-state index < -0.39 is 0 Å². The predicted octanol–water partition coefficient (Wildman–Crippen LogP) is 0.165. The summed E-state index contributed by atoms with van der Waals surface area (Å²) in [5.41, 5.74) is 5.39. The van der Waals surface area contributed by atoms with Gasteiger partial charge in [-0.3, -0.25) is 4.79 Å². The second-order valence-electron chi connectivity index (χ2n) is 5.15. The minimum absolute atomic E-state index is 0.00690. The third-order valence-electron chi connectivity index (χ3n) is 3.94. The van der Waals surface area contributed by atoms with Crippen LogP contribution in [0.5, 0.6) is 0 Å². The molecule has 0 saturated heterocycles. The summed E-state index contributed by atoms with van der Waals surface area (Å²) in [7, 11) is 0. The van der Waals surface area contributed by atoms with Crippen LogP contribution in [0.2, 0.25) is 0 Å². The van der Waals surface area contributed by atoms with Crippen LogP contribution in [0.3, 0.4) is 0 Å². The number of nitrogen functional groups attached to an aromatic ring is 1. The van der Waals surface area contributed by atoms with Crippen LogP contribution in [-0.2, 0) is 11.3 Å². The van der Waals surface area contributed by atoms with E-state index in [1.165, 1.54) is 30.3 Å². The molecule has 17 heavy (non-hydrogen) atoms. The summed E-state index contributed by atoms with van der Waals surface area (Å²) < 4.78 is 1.47. The van der Waals surface area contributed by atoms with Gasteiger partial charge in [-0.2, -0.15) is 0 Å². The molecule has 0 aliphatic heterocycles. The van der Waals surface area contributed by atoms with Gasteiger partial charge in [0.25, 0.3) is 0 Å². The predicted molar refractivity (Wildman–Crippen MR) is 61.8 cm³/mol. The standard InChI is InChI=1S/C11H17N5O/c12-11-13-6-16(15-11)5-10(17)14-9-4-7-1-2-8(9)3-7/h6-9H,1-5H2,(H2,12,15)(H,14,17). The van der Waals surface area contributed by atoms with Gasteiger partial charge in [0, 0.05) is 6.04 Å². The van der Waals surface area contributed by atoms with Crippen molar-refractivity contribution >= 4 is 11.9 Å². The number of anilines is 1. The van der Waals surface area contributed by atoms with E-state index in [9.17, 15) is 4.79 Å². The van der Waals surface area contributed by atoms with Crippen LogP contribution in [0.15, 0.2) is 6.33 Å². The molecule has 0 radical (unpaired) electrons. The SMILES string of the molecule is Nc1ncn(CC(=O)NC2CC3CCC2C3)n1. The molecule has 3 rings (SSSR count). The molecule has 2 aliphatic rings. The van der Waals surface area contributed by atoms with Gasteiger partial charge in [-0.1, -0.05) is 6.42 Å². The number of fused-ring (bicyclic) bond motifs is 2. The molecule has 0 spiro atoms. The second-order valence-corrected chi connectivity index (χ2v) is 5.15. The number of rotatable bonds is 3. The van der Waals surface area contributed by atoms with Crippen LogP contribution in [0.1, 0.15) is 25.7 Å². The monoisotopic (exact) mass is 235 g/mol. The highest BCUT2D eigenvalue weighted by Crippen LogP contribution is 2.44. The van der Waals surface area contributed by atoms with Gasteiger partial charge in [0.1, 0.15) is 12.9 Å². The lowest BCUT2D eigenvalue weighted by atomic mass is 9.95. The van der Waals surface area contributed by atoms with Crippen molar-refractivity contribution < 1.29 is 4.79 Å². The number of aromatic nitrogens is 3. The van der Waals surface area contributed by atoms with Crippen molar-refractivity contribution in [3.8, 4) is 0 Å². The second kappa shape index (κ2) is 4.01. The normalized spacial score (nSPS) is 30.7. The summed E-state index contributed by atoms with van der Waals surface area (Å²) in [5, 5.41) is 7.00. The molecule has 2 fully saturated rings. The highest BCUT2D eigenvalue weighted by molar-refractivity contribution is 5.76. The Balaban J connectivity index is 1.54. The molecule has 0 aromatic carbocycles.